The predicted octanol–water partition coefficient (Wildman–Crippen LogP) is 5.28. The number of hydrogen-bond donors (Lipinski definition) is 2. The van der Waals surface area contributed by atoms with Gasteiger partial charge in [0.2, 0.25) is 11.8 Å². The molecular formula is C34H28FN3O6S2. The first kappa shape index (κ1) is 29.0. The molecular weight excluding hydrogens is 630 g/mol. The highest BCUT2D eigenvalue weighted by molar-refractivity contribution is 8.00. The second kappa shape index (κ2) is 11.1. The van der Waals surface area contributed by atoms with Gasteiger partial charge in [-0.25, -0.2) is 4.39 Å². The number of halogens is 1. The maximum absolute atomic E-state index is 14.0. The van der Waals surface area contributed by atoms with Crippen molar-refractivity contribution in [2.45, 2.75) is 22.6 Å². The van der Waals surface area contributed by atoms with Crippen LogP contribution in [0.25, 0.3) is 0 Å². The number of hydrogen-bond acceptors (Lipinski definition) is 8. The molecule has 6 unspecified atom stereocenters. The van der Waals surface area contributed by atoms with E-state index in [4.69, 9.17) is 9.47 Å². The number of ether oxygens (including phenoxy) is 2. The maximum Gasteiger partial charge on any atom is 0.305 e. The Hall–Kier alpha value is -4.42. The molecule has 1 saturated heterocycles. The van der Waals surface area contributed by atoms with E-state index in [1.807, 2.05) is 18.2 Å². The van der Waals surface area contributed by atoms with Gasteiger partial charge in [0, 0.05) is 21.7 Å². The molecule has 9 nitrogen and oxygen atoms in total. The van der Waals surface area contributed by atoms with Gasteiger partial charge in [-0.1, -0.05) is 23.5 Å². The number of aromatic nitrogens is 1. The smallest absolute Gasteiger partial charge is 0.305 e. The molecule has 8 rings (SSSR count). The van der Waals surface area contributed by atoms with E-state index in [-0.39, 0.29) is 58.1 Å². The van der Waals surface area contributed by atoms with Gasteiger partial charge < -0.3 is 19.8 Å². The molecule has 2 saturated carbocycles. The quantitative estimate of drug-likeness (QED) is 0.260. The summed E-state index contributed by atoms with van der Waals surface area (Å²) in [5.41, 5.74) is 1.94. The third kappa shape index (κ3) is 4.65. The average molecular weight is 658 g/mol. The Labute approximate surface area is 271 Å². The lowest BCUT2D eigenvalue weighted by molar-refractivity contribution is -0.123. The number of carbonyl (C=O) groups excluding carboxylic acids is 3. The lowest BCUT2D eigenvalue weighted by atomic mass is 9.68. The molecule has 7 atom stereocenters. The highest BCUT2D eigenvalue weighted by Crippen LogP contribution is 2.68. The van der Waals surface area contributed by atoms with Gasteiger partial charge >= 0.3 is 4.87 Å². The molecule has 3 fully saturated rings. The SMILES string of the molecule is COc1ccc(N2C(=O)C3C4CC(C3C2=O)C2C4Sc3[nH]c(=O)sc3[C@@H]2c2cccc(OCC(=O)Nc3ccc(F)cc3)c2)cc1. The second-order valence-electron chi connectivity index (χ2n) is 12.1. The summed E-state index contributed by atoms with van der Waals surface area (Å²) in [7, 11) is 1.57. The van der Waals surface area contributed by atoms with E-state index in [1.165, 1.54) is 40.5 Å². The maximum atomic E-state index is 14.0. The van der Waals surface area contributed by atoms with Crippen molar-refractivity contribution in [2.24, 2.45) is 29.6 Å². The van der Waals surface area contributed by atoms with Crippen molar-refractivity contribution in [1.82, 2.24) is 4.98 Å². The zero-order valence-corrected chi connectivity index (χ0v) is 26.1. The summed E-state index contributed by atoms with van der Waals surface area (Å²) < 4.78 is 24.4. The van der Waals surface area contributed by atoms with E-state index in [9.17, 15) is 23.6 Å². The van der Waals surface area contributed by atoms with Gasteiger partial charge in [0.15, 0.2) is 6.61 Å². The van der Waals surface area contributed by atoms with E-state index in [0.29, 0.717) is 22.9 Å². The van der Waals surface area contributed by atoms with Crippen molar-refractivity contribution in [3.8, 4) is 11.5 Å². The molecule has 2 aliphatic heterocycles. The van der Waals surface area contributed by atoms with Crippen LogP contribution in [0.5, 0.6) is 11.5 Å². The molecule has 12 heteroatoms. The summed E-state index contributed by atoms with van der Waals surface area (Å²) in [4.78, 5) is 58.2. The number of thiazole rings is 1. The number of methoxy groups -OCH3 is 1. The molecule has 2 N–H and O–H groups in total. The number of nitrogens with zero attached hydrogens (tertiary/aromatic N) is 1. The fraction of sp³-hybridized carbons (Fsp3) is 0.294. The molecule has 4 aromatic rings. The number of H-pyrrole nitrogens is 1. The van der Waals surface area contributed by atoms with Crippen molar-refractivity contribution in [2.75, 3.05) is 23.9 Å². The molecule has 2 aliphatic carbocycles. The first-order chi connectivity index (χ1) is 22.3. The summed E-state index contributed by atoms with van der Waals surface area (Å²) in [6, 6.07) is 20.0. The normalized spacial score (nSPS) is 27.3. The minimum absolute atomic E-state index is 0.00154. The van der Waals surface area contributed by atoms with Crippen molar-refractivity contribution in [3.63, 3.8) is 0 Å². The zero-order chi connectivity index (χ0) is 31.7. The lowest BCUT2D eigenvalue weighted by Gasteiger charge is -2.43. The van der Waals surface area contributed by atoms with Crippen LogP contribution in [0.1, 0.15) is 22.8 Å². The van der Waals surface area contributed by atoms with Gasteiger partial charge in [0.25, 0.3) is 5.91 Å². The standard InChI is InChI=1S/C34H28FN3O6S2/c1-43-20-11-9-19(10-12-20)38-32(40)27-22-14-23(28(27)33(38)41)29-26(22)25(30-31(45-29)37-34(42)46-30)16-3-2-4-21(13-16)44-15-24(39)36-18-7-5-17(35)6-8-18/h2-13,22-23,25-29H,14-15H2,1H3,(H,36,39)(H,37,42)/t22?,23?,25-,26?,27?,28?,29?/m1/s1. The summed E-state index contributed by atoms with van der Waals surface area (Å²) in [6.07, 6.45) is 0.779. The Bertz CT molecular complexity index is 1930. The molecule has 46 heavy (non-hydrogen) atoms. The van der Waals surface area contributed by atoms with Crippen LogP contribution in [0.4, 0.5) is 15.8 Å². The predicted molar refractivity (Wildman–Crippen MR) is 171 cm³/mol. The van der Waals surface area contributed by atoms with Gasteiger partial charge in [-0.3, -0.25) is 24.1 Å². The Morgan fingerprint density at radius 3 is 2.46 bits per heavy atom. The number of carbonyl (C=O) groups is 3. The van der Waals surface area contributed by atoms with Crippen LogP contribution < -0.4 is 24.6 Å². The van der Waals surface area contributed by atoms with Crippen LogP contribution >= 0.6 is 23.1 Å². The van der Waals surface area contributed by atoms with Gasteiger partial charge in [-0.2, -0.15) is 0 Å². The van der Waals surface area contributed by atoms with Crippen LogP contribution in [0.2, 0.25) is 0 Å². The first-order valence-corrected chi connectivity index (χ1v) is 16.7. The largest absolute Gasteiger partial charge is 0.497 e. The number of aromatic amines is 1. The molecule has 3 heterocycles. The molecule has 4 aliphatic rings. The number of benzene rings is 3. The van der Waals surface area contributed by atoms with Crippen molar-refractivity contribution in [1.29, 1.82) is 0 Å². The number of imide groups is 1. The number of anilines is 2. The number of nitrogens with one attached hydrogen (secondary N) is 2. The van der Waals surface area contributed by atoms with Crippen LogP contribution in [-0.4, -0.2) is 41.7 Å². The minimum Gasteiger partial charge on any atom is -0.497 e. The molecule has 0 spiro atoms. The van der Waals surface area contributed by atoms with E-state index in [1.54, 1.807) is 49.2 Å². The number of fused-ring (bicyclic) bond motifs is 9. The zero-order valence-electron chi connectivity index (χ0n) is 24.5. The molecule has 3 amide bonds. The summed E-state index contributed by atoms with van der Waals surface area (Å²) in [5, 5.41) is 3.56. The van der Waals surface area contributed by atoms with Crippen LogP contribution in [0, 0.1) is 35.4 Å². The Morgan fingerprint density at radius 2 is 1.72 bits per heavy atom. The molecule has 1 aromatic heterocycles. The van der Waals surface area contributed by atoms with Gasteiger partial charge in [0.1, 0.15) is 17.3 Å². The van der Waals surface area contributed by atoms with E-state index in [0.717, 1.165) is 21.9 Å². The van der Waals surface area contributed by atoms with Gasteiger partial charge in [-0.05, 0) is 90.4 Å². The third-order valence-corrected chi connectivity index (χ3v) is 12.4. The Balaban J connectivity index is 1.08. The molecule has 234 valence electrons. The first-order valence-electron chi connectivity index (χ1n) is 15.0. The molecule has 3 aromatic carbocycles. The molecule has 0 radical (unpaired) electrons. The van der Waals surface area contributed by atoms with Gasteiger partial charge in [-0.15, -0.1) is 11.8 Å². The van der Waals surface area contributed by atoms with Crippen LogP contribution in [0.3, 0.4) is 0 Å². The lowest BCUT2D eigenvalue weighted by Crippen LogP contribution is -2.42. The Morgan fingerprint density at radius 1 is 0.978 bits per heavy atom. The minimum atomic E-state index is -0.421. The average Bonchev–Trinajstić information content (AvgIpc) is 3.80. The monoisotopic (exact) mass is 657 g/mol. The topological polar surface area (TPSA) is 118 Å². The third-order valence-electron chi connectivity index (χ3n) is 9.77. The second-order valence-corrected chi connectivity index (χ2v) is 14.3. The fourth-order valence-electron chi connectivity index (χ4n) is 8.05. The highest BCUT2D eigenvalue weighted by Gasteiger charge is 2.69. The van der Waals surface area contributed by atoms with Gasteiger partial charge in [0.05, 0.1) is 29.7 Å². The summed E-state index contributed by atoms with van der Waals surface area (Å²) in [6.45, 7) is -0.248. The number of rotatable bonds is 7. The van der Waals surface area contributed by atoms with Crippen molar-refractivity contribution < 1.29 is 28.2 Å². The number of amides is 3. The summed E-state index contributed by atoms with van der Waals surface area (Å²) in [5.74, 6) is -0.961. The fourth-order valence-corrected chi connectivity index (χ4v) is 10.9. The number of thioether (sulfide) groups is 1. The molecule has 2 bridgehead atoms. The highest BCUT2D eigenvalue weighted by atomic mass is 32.2. The van der Waals surface area contributed by atoms with Crippen molar-refractivity contribution in [3.05, 3.63) is 98.7 Å². The summed E-state index contributed by atoms with van der Waals surface area (Å²) >= 11 is 2.82. The Kier molecular flexibility index (Phi) is 7.02. The van der Waals surface area contributed by atoms with Crippen LogP contribution in [-0.2, 0) is 14.4 Å². The van der Waals surface area contributed by atoms with Crippen LogP contribution in [0.15, 0.2) is 82.6 Å². The van der Waals surface area contributed by atoms with E-state index in [2.05, 4.69) is 10.3 Å². The van der Waals surface area contributed by atoms with E-state index < -0.39 is 17.7 Å². The van der Waals surface area contributed by atoms with E-state index >= 15 is 0 Å². The van der Waals surface area contributed by atoms with Crippen molar-refractivity contribution >= 4 is 52.2 Å².